The Labute approximate surface area is 164 Å². The molecule has 0 aliphatic carbocycles. The first kappa shape index (κ1) is 20.3. The van der Waals surface area contributed by atoms with Crippen LogP contribution in [0.3, 0.4) is 0 Å². The predicted molar refractivity (Wildman–Crippen MR) is 105 cm³/mol. The summed E-state index contributed by atoms with van der Waals surface area (Å²) in [6, 6.07) is 7.49. The number of nitrogens with zero attached hydrogens (tertiary/aromatic N) is 3. The van der Waals surface area contributed by atoms with Crippen molar-refractivity contribution in [3.63, 3.8) is 0 Å². The van der Waals surface area contributed by atoms with Gasteiger partial charge < -0.3 is 9.73 Å². The molecule has 0 bridgehead atoms. The number of nitro benzene ring substituents is 1. The summed E-state index contributed by atoms with van der Waals surface area (Å²) >= 11 is 0. The van der Waals surface area contributed by atoms with Crippen LogP contribution in [0.15, 0.2) is 45.9 Å². The van der Waals surface area contributed by atoms with Crippen LogP contribution in [0.5, 0.6) is 0 Å². The molecule has 0 spiro atoms. The number of nitrogens with one attached hydrogen (secondary N) is 1. The Morgan fingerprint density at radius 2 is 2.00 bits per heavy atom. The number of nitro groups is 1. The van der Waals surface area contributed by atoms with Crippen LogP contribution in [0.1, 0.15) is 24.6 Å². The standard InChI is InChI=1S/C18H24N4O5S/c1-20(2)17(18-6-5-11-27-18)13-19-15-8-7-14(12-16(15)22(23)24)28(25,26)21-9-3-4-10-21/h5-8,11-12,17,19H,3-4,9-10,13H2,1-2H3. The largest absolute Gasteiger partial charge is 0.468 e. The molecule has 0 radical (unpaired) electrons. The molecular weight excluding hydrogens is 384 g/mol. The molecule has 152 valence electrons. The van der Waals surface area contributed by atoms with Gasteiger partial charge in [-0.15, -0.1) is 0 Å². The van der Waals surface area contributed by atoms with Crippen molar-refractivity contribution in [2.24, 2.45) is 0 Å². The van der Waals surface area contributed by atoms with E-state index in [1.165, 1.54) is 16.4 Å². The highest BCUT2D eigenvalue weighted by atomic mass is 32.2. The zero-order valence-electron chi connectivity index (χ0n) is 15.9. The maximum absolute atomic E-state index is 12.7. The molecule has 2 aromatic rings. The highest BCUT2D eigenvalue weighted by Crippen LogP contribution is 2.31. The van der Waals surface area contributed by atoms with E-state index in [1.54, 1.807) is 12.3 Å². The molecule has 0 saturated carbocycles. The summed E-state index contributed by atoms with van der Waals surface area (Å²) in [5, 5.41) is 14.6. The minimum Gasteiger partial charge on any atom is -0.468 e. The number of furan rings is 1. The molecule has 1 atom stereocenters. The van der Waals surface area contributed by atoms with Crippen molar-refractivity contribution in [3.8, 4) is 0 Å². The Kier molecular flexibility index (Phi) is 6.01. The van der Waals surface area contributed by atoms with Gasteiger partial charge in [-0.05, 0) is 51.2 Å². The average Bonchev–Trinajstić information content (AvgIpc) is 3.36. The third-order valence-electron chi connectivity index (χ3n) is 4.85. The van der Waals surface area contributed by atoms with Crippen molar-refractivity contribution in [2.45, 2.75) is 23.8 Å². The predicted octanol–water partition coefficient (Wildman–Crippen LogP) is 2.69. The van der Waals surface area contributed by atoms with Gasteiger partial charge in [0.15, 0.2) is 0 Å². The molecule has 28 heavy (non-hydrogen) atoms. The molecule has 1 fully saturated rings. The van der Waals surface area contributed by atoms with Gasteiger partial charge in [-0.25, -0.2) is 8.42 Å². The molecule has 1 aliphatic heterocycles. The second-order valence-electron chi connectivity index (χ2n) is 6.92. The Hall–Kier alpha value is -2.43. The zero-order valence-corrected chi connectivity index (χ0v) is 16.7. The van der Waals surface area contributed by atoms with E-state index >= 15 is 0 Å². The van der Waals surface area contributed by atoms with E-state index in [0.29, 0.717) is 19.6 Å². The van der Waals surface area contributed by atoms with Gasteiger partial charge in [-0.1, -0.05) is 0 Å². The number of hydrogen-bond acceptors (Lipinski definition) is 7. The Morgan fingerprint density at radius 1 is 1.29 bits per heavy atom. The molecule has 1 saturated heterocycles. The second kappa shape index (κ2) is 8.29. The molecule has 1 aliphatic rings. The van der Waals surface area contributed by atoms with Crippen LogP contribution in [0, 0.1) is 10.1 Å². The highest BCUT2D eigenvalue weighted by Gasteiger charge is 2.29. The lowest BCUT2D eigenvalue weighted by Gasteiger charge is -2.23. The van der Waals surface area contributed by atoms with Crippen LogP contribution in [0.4, 0.5) is 11.4 Å². The minimum atomic E-state index is -3.71. The zero-order chi connectivity index (χ0) is 20.3. The van der Waals surface area contributed by atoms with Crippen molar-refractivity contribution in [3.05, 3.63) is 52.5 Å². The second-order valence-corrected chi connectivity index (χ2v) is 8.86. The van der Waals surface area contributed by atoms with Gasteiger partial charge in [0.1, 0.15) is 11.4 Å². The number of hydrogen-bond donors (Lipinski definition) is 1. The summed E-state index contributed by atoms with van der Waals surface area (Å²) in [7, 11) is 0.0541. The van der Waals surface area contributed by atoms with Crippen molar-refractivity contribution in [1.29, 1.82) is 0 Å². The lowest BCUT2D eigenvalue weighted by atomic mass is 10.2. The fourth-order valence-corrected chi connectivity index (χ4v) is 4.81. The molecule has 1 aromatic heterocycles. The van der Waals surface area contributed by atoms with E-state index in [4.69, 9.17) is 4.42 Å². The van der Waals surface area contributed by atoms with Crippen molar-refractivity contribution in [2.75, 3.05) is 39.0 Å². The van der Waals surface area contributed by atoms with E-state index in [0.717, 1.165) is 24.7 Å². The van der Waals surface area contributed by atoms with E-state index in [9.17, 15) is 18.5 Å². The van der Waals surface area contributed by atoms with Gasteiger partial charge >= 0.3 is 0 Å². The molecular formula is C18H24N4O5S. The normalized spacial score (nSPS) is 16.4. The van der Waals surface area contributed by atoms with Gasteiger partial charge in [-0.3, -0.25) is 15.0 Å². The van der Waals surface area contributed by atoms with Gasteiger partial charge in [0.2, 0.25) is 10.0 Å². The Bertz CT molecular complexity index is 921. The summed E-state index contributed by atoms with van der Waals surface area (Å²) in [6.45, 7) is 1.26. The molecule has 10 heteroatoms. The number of anilines is 1. The molecule has 1 unspecified atom stereocenters. The van der Waals surface area contributed by atoms with Crippen molar-refractivity contribution < 1.29 is 17.8 Å². The van der Waals surface area contributed by atoms with Crippen LogP contribution in [-0.2, 0) is 10.0 Å². The molecule has 1 N–H and O–H groups in total. The first-order valence-corrected chi connectivity index (χ1v) is 10.5. The summed E-state index contributed by atoms with van der Waals surface area (Å²) in [6.07, 6.45) is 3.19. The topological polar surface area (TPSA) is 109 Å². The first-order valence-electron chi connectivity index (χ1n) is 9.03. The van der Waals surface area contributed by atoms with Crippen molar-refractivity contribution >= 4 is 21.4 Å². The number of likely N-dealkylation sites (N-methyl/N-ethyl adjacent to an activating group) is 1. The number of rotatable bonds is 8. The van der Waals surface area contributed by atoms with E-state index in [-0.39, 0.29) is 22.3 Å². The summed E-state index contributed by atoms with van der Waals surface area (Å²) in [5.41, 5.74) is 0.000927. The van der Waals surface area contributed by atoms with E-state index in [1.807, 2.05) is 25.1 Å². The molecule has 9 nitrogen and oxygen atoms in total. The molecule has 2 heterocycles. The Balaban J connectivity index is 1.84. The van der Waals surface area contributed by atoms with Crippen LogP contribution in [0.2, 0.25) is 0 Å². The quantitative estimate of drug-likeness (QED) is 0.528. The average molecular weight is 408 g/mol. The number of sulfonamides is 1. The van der Waals surface area contributed by atoms with Gasteiger partial charge in [-0.2, -0.15) is 4.31 Å². The van der Waals surface area contributed by atoms with E-state index < -0.39 is 14.9 Å². The smallest absolute Gasteiger partial charge is 0.293 e. The fraction of sp³-hybridized carbons (Fsp3) is 0.444. The highest BCUT2D eigenvalue weighted by molar-refractivity contribution is 7.89. The van der Waals surface area contributed by atoms with Crippen molar-refractivity contribution in [1.82, 2.24) is 9.21 Å². The number of benzene rings is 1. The van der Waals surface area contributed by atoms with Gasteiger partial charge in [0, 0.05) is 25.7 Å². The van der Waals surface area contributed by atoms with Crippen LogP contribution < -0.4 is 5.32 Å². The SMILES string of the molecule is CN(C)C(CNc1ccc(S(=O)(=O)N2CCCC2)cc1[N+](=O)[O-])c1ccco1. The monoisotopic (exact) mass is 408 g/mol. The van der Waals surface area contributed by atoms with Gasteiger partial charge in [0.25, 0.3) is 5.69 Å². The first-order chi connectivity index (χ1) is 13.3. The van der Waals surface area contributed by atoms with Crippen LogP contribution in [-0.4, -0.2) is 56.3 Å². The summed E-state index contributed by atoms with van der Waals surface area (Å²) in [5.74, 6) is 0.730. The fourth-order valence-electron chi connectivity index (χ4n) is 3.28. The van der Waals surface area contributed by atoms with Gasteiger partial charge in [0.05, 0.1) is 22.1 Å². The van der Waals surface area contributed by atoms with Crippen LogP contribution >= 0.6 is 0 Å². The molecule has 3 rings (SSSR count). The third kappa shape index (κ3) is 4.18. The third-order valence-corrected chi connectivity index (χ3v) is 6.74. The minimum absolute atomic E-state index is 0.0538. The van der Waals surface area contributed by atoms with E-state index in [2.05, 4.69) is 5.32 Å². The summed E-state index contributed by atoms with van der Waals surface area (Å²) in [4.78, 5) is 12.9. The maximum atomic E-state index is 12.7. The maximum Gasteiger partial charge on any atom is 0.293 e. The Morgan fingerprint density at radius 3 is 2.57 bits per heavy atom. The molecule has 0 amide bonds. The molecule has 1 aromatic carbocycles. The van der Waals surface area contributed by atoms with Crippen LogP contribution in [0.25, 0.3) is 0 Å². The lowest BCUT2D eigenvalue weighted by molar-refractivity contribution is -0.384. The summed E-state index contributed by atoms with van der Waals surface area (Å²) < 4.78 is 32.2. The lowest BCUT2D eigenvalue weighted by Crippen LogP contribution is -2.28.